The minimum atomic E-state index is 0. The number of rotatable bonds is 7. The Morgan fingerprint density at radius 1 is 1.22 bits per heavy atom. The predicted octanol–water partition coefficient (Wildman–Crippen LogP) is 2.87. The maximum Gasteiger partial charge on any atom is 0.191 e. The van der Waals surface area contributed by atoms with Crippen molar-refractivity contribution in [1.82, 2.24) is 15.5 Å². The van der Waals surface area contributed by atoms with Gasteiger partial charge in [-0.25, -0.2) is 0 Å². The summed E-state index contributed by atoms with van der Waals surface area (Å²) in [5.41, 5.74) is 0. The van der Waals surface area contributed by atoms with E-state index in [-0.39, 0.29) is 24.0 Å². The number of benzene rings is 1. The molecule has 0 radical (unpaired) electrons. The summed E-state index contributed by atoms with van der Waals surface area (Å²) in [4.78, 5) is 7.00. The number of halogens is 1. The van der Waals surface area contributed by atoms with E-state index in [1.54, 1.807) is 7.11 Å². The molecule has 1 saturated carbocycles. The highest BCUT2D eigenvalue weighted by Gasteiger charge is 2.30. The Bertz CT molecular complexity index is 593. The number of hydrogen-bond donors (Lipinski definition) is 2. The van der Waals surface area contributed by atoms with Gasteiger partial charge in [-0.2, -0.15) is 0 Å². The third kappa shape index (κ3) is 6.71. The molecule has 2 aliphatic rings. The molecule has 1 unspecified atom stereocenters. The van der Waals surface area contributed by atoms with E-state index in [1.807, 2.05) is 31.3 Å². The average molecular weight is 488 g/mol. The van der Waals surface area contributed by atoms with Gasteiger partial charge in [0.2, 0.25) is 0 Å². The number of guanidine groups is 1. The third-order valence-electron chi connectivity index (χ3n) is 5.33. The lowest BCUT2D eigenvalue weighted by atomic mass is 10.2. The van der Waals surface area contributed by atoms with E-state index in [0.29, 0.717) is 19.2 Å². The first-order valence-electron chi connectivity index (χ1n) is 9.76. The summed E-state index contributed by atoms with van der Waals surface area (Å²) in [5, 5.41) is 6.90. The van der Waals surface area contributed by atoms with Crippen LogP contribution < -0.4 is 20.1 Å². The lowest BCUT2D eigenvalue weighted by molar-refractivity contribution is 0.242. The van der Waals surface area contributed by atoms with Crippen molar-refractivity contribution in [3.63, 3.8) is 0 Å². The molecule has 7 heteroatoms. The fraction of sp³-hybridized carbons (Fsp3) is 0.650. The van der Waals surface area contributed by atoms with E-state index in [0.717, 1.165) is 30.0 Å². The van der Waals surface area contributed by atoms with Gasteiger partial charge in [0.25, 0.3) is 0 Å². The predicted molar refractivity (Wildman–Crippen MR) is 121 cm³/mol. The highest BCUT2D eigenvalue weighted by atomic mass is 127. The smallest absolute Gasteiger partial charge is 0.191 e. The fourth-order valence-electron chi connectivity index (χ4n) is 3.92. The zero-order valence-corrected chi connectivity index (χ0v) is 18.8. The molecule has 0 amide bonds. The van der Waals surface area contributed by atoms with Crippen LogP contribution in [0, 0.1) is 0 Å². The van der Waals surface area contributed by atoms with Crippen LogP contribution in [0.2, 0.25) is 0 Å². The van der Waals surface area contributed by atoms with Crippen LogP contribution in [0.25, 0.3) is 0 Å². The van der Waals surface area contributed by atoms with Crippen LogP contribution in [0.5, 0.6) is 11.5 Å². The maximum absolute atomic E-state index is 5.76. The topological polar surface area (TPSA) is 58.1 Å². The van der Waals surface area contributed by atoms with Crippen molar-refractivity contribution in [1.29, 1.82) is 0 Å². The van der Waals surface area contributed by atoms with Crippen molar-refractivity contribution in [3.05, 3.63) is 24.3 Å². The van der Waals surface area contributed by atoms with Crippen LogP contribution in [0.4, 0.5) is 0 Å². The van der Waals surface area contributed by atoms with E-state index in [2.05, 4.69) is 20.5 Å². The number of likely N-dealkylation sites (tertiary alicyclic amines) is 1. The summed E-state index contributed by atoms with van der Waals surface area (Å²) in [5.74, 6) is 2.48. The molecular formula is C20H33IN4O2. The largest absolute Gasteiger partial charge is 0.497 e. The summed E-state index contributed by atoms with van der Waals surface area (Å²) >= 11 is 0. The summed E-state index contributed by atoms with van der Waals surface area (Å²) in [7, 11) is 3.48. The summed E-state index contributed by atoms with van der Waals surface area (Å²) in [6.07, 6.45) is 6.74. The van der Waals surface area contributed by atoms with E-state index in [4.69, 9.17) is 9.47 Å². The third-order valence-corrected chi connectivity index (χ3v) is 5.33. The Morgan fingerprint density at radius 3 is 2.74 bits per heavy atom. The van der Waals surface area contributed by atoms with Gasteiger partial charge in [-0.15, -0.1) is 24.0 Å². The molecular weight excluding hydrogens is 455 g/mol. The summed E-state index contributed by atoms with van der Waals surface area (Å²) in [6, 6.07) is 8.97. The molecule has 1 saturated heterocycles. The van der Waals surface area contributed by atoms with Crippen molar-refractivity contribution in [3.8, 4) is 11.5 Å². The number of nitrogens with one attached hydrogen (secondary N) is 2. The van der Waals surface area contributed by atoms with Gasteiger partial charge >= 0.3 is 0 Å². The van der Waals surface area contributed by atoms with Gasteiger partial charge < -0.3 is 20.1 Å². The number of ether oxygens (including phenoxy) is 2. The Hall–Kier alpha value is -1.22. The van der Waals surface area contributed by atoms with Crippen LogP contribution in [-0.4, -0.2) is 63.3 Å². The van der Waals surface area contributed by atoms with Crippen LogP contribution in [0.15, 0.2) is 29.3 Å². The van der Waals surface area contributed by atoms with Gasteiger partial charge in [-0.3, -0.25) is 9.89 Å². The molecule has 1 aromatic rings. The van der Waals surface area contributed by atoms with Gasteiger partial charge in [-0.05, 0) is 31.4 Å². The minimum absolute atomic E-state index is 0. The second-order valence-corrected chi connectivity index (χ2v) is 7.09. The first-order valence-corrected chi connectivity index (χ1v) is 9.76. The number of nitrogens with zero attached hydrogens (tertiary/aromatic N) is 2. The molecule has 2 N–H and O–H groups in total. The molecule has 0 bridgehead atoms. The van der Waals surface area contributed by atoms with Crippen LogP contribution in [0.1, 0.15) is 32.1 Å². The molecule has 6 nitrogen and oxygen atoms in total. The quantitative estimate of drug-likeness (QED) is 0.268. The molecule has 1 atom stereocenters. The molecule has 1 heterocycles. The molecule has 152 valence electrons. The first kappa shape index (κ1) is 22.1. The summed E-state index contributed by atoms with van der Waals surface area (Å²) in [6.45, 7) is 3.62. The van der Waals surface area contributed by atoms with Crippen LogP contribution in [-0.2, 0) is 0 Å². The van der Waals surface area contributed by atoms with Crippen LogP contribution in [0.3, 0.4) is 0 Å². The van der Waals surface area contributed by atoms with Gasteiger partial charge in [0.1, 0.15) is 18.1 Å². The van der Waals surface area contributed by atoms with Crippen molar-refractivity contribution < 1.29 is 9.47 Å². The second-order valence-electron chi connectivity index (χ2n) is 7.09. The van der Waals surface area contributed by atoms with Crippen molar-refractivity contribution >= 4 is 29.9 Å². The molecule has 2 fully saturated rings. The molecule has 1 aliphatic heterocycles. The minimum Gasteiger partial charge on any atom is -0.497 e. The lowest BCUT2D eigenvalue weighted by Crippen LogP contribution is -2.46. The molecule has 3 rings (SSSR count). The Balaban J connectivity index is 0.00000261. The number of methoxy groups -OCH3 is 1. The number of hydrogen-bond acceptors (Lipinski definition) is 4. The SMILES string of the molecule is CN=C(NCCOc1cccc(OC)c1)NC1CCN(C2CCCC2)C1.I. The van der Waals surface area contributed by atoms with Gasteiger partial charge in [0.05, 0.1) is 13.7 Å². The zero-order valence-electron chi connectivity index (χ0n) is 16.4. The second kappa shape index (κ2) is 11.6. The van der Waals surface area contributed by atoms with Crippen LogP contribution >= 0.6 is 24.0 Å². The van der Waals surface area contributed by atoms with E-state index in [1.165, 1.54) is 38.6 Å². The van der Waals surface area contributed by atoms with Crippen molar-refractivity contribution in [2.24, 2.45) is 4.99 Å². The Labute approximate surface area is 180 Å². The standard InChI is InChI=1S/C20H32N4O2.HI/c1-21-20(22-11-13-26-19-9-5-8-18(14-19)25-2)23-16-10-12-24(15-16)17-6-3-4-7-17;/h5,8-9,14,16-17H,3-4,6-7,10-13,15H2,1-2H3,(H2,21,22,23);1H. The van der Waals surface area contributed by atoms with Gasteiger partial charge in [0, 0.05) is 38.3 Å². The highest BCUT2D eigenvalue weighted by molar-refractivity contribution is 14.0. The fourth-order valence-corrected chi connectivity index (χ4v) is 3.92. The zero-order chi connectivity index (χ0) is 18.2. The van der Waals surface area contributed by atoms with Crippen molar-refractivity contribution in [2.45, 2.75) is 44.2 Å². The monoisotopic (exact) mass is 488 g/mol. The van der Waals surface area contributed by atoms with E-state index < -0.39 is 0 Å². The number of aliphatic imine (C=N–C) groups is 1. The Morgan fingerprint density at radius 2 is 2.00 bits per heavy atom. The van der Waals surface area contributed by atoms with E-state index >= 15 is 0 Å². The summed E-state index contributed by atoms with van der Waals surface area (Å²) < 4.78 is 11.0. The highest BCUT2D eigenvalue weighted by Crippen LogP contribution is 2.26. The maximum atomic E-state index is 5.76. The van der Waals surface area contributed by atoms with Crippen molar-refractivity contribution in [2.75, 3.05) is 40.4 Å². The molecule has 1 aliphatic carbocycles. The van der Waals surface area contributed by atoms with Gasteiger partial charge in [0.15, 0.2) is 5.96 Å². The average Bonchev–Trinajstić information content (AvgIpc) is 3.36. The Kier molecular flexibility index (Phi) is 9.47. The van der Waals surface area contributed by atoms with Gasteiger partial charge in [-0.1, -0.05) is 18.9 Å². The lowest BCUT2D eigenvalue weighted by Gasteiger charge is -2.24. The normalized spacial score (nSPS) is 21.0. The first-order chi connectivity index (χ1) is 12.8. The molecule has 27 heavy (non-hydrogen) atoms. The molecule has 0 spiro atoms. The van der Waals surface area contributed by atoms with E-state index in [9.17, 15) is 0 Å². The molecule has 0 aromatic heterocycles. The molecule has 1 aromatic carbocycles.